The van der Waals surface area contributed by atoms with Gasteiger partial charge in [-0.3, -0.25) is 4.68 Å². The molecule has 0 radical (unpaired) electrons. The van der Waals surface area contributed by atoms with Crippen LogP contribution in [0.25, 0.3) is 0 Å². The Morgan fingerprint density at radius 3 is 2.68 bits per heavy atom. The summed E-state index contributed by atoms with van der Waals surface area (Å²) in [5.41, 5.74) is 8.38. The molecule has 0 aliphatic heterocycles. The Kier molecular flexibility index (Phi) is 4.65. The topological polar surface area (TPSA) is 95.6 Å². The number of carbonyl (C=O) groups is 1. The molecular weight excluding hydrogens is 320 g/mol. The lowest BCUT2D eigenvalue weighted by molar-refractivity contribution is 0.0477. The van der Waals surface area contributed by atoms with Gasteiger partial charge in [-0.1, -0.05) is 35.5 Å². The SMILES string of the molecule is Cc1cc(C)n(Cc2ccc(C(=O)O/N=C(\N)c3ccccc3)o2)n1. The fourth-order valence-corrected chi connectivity index (χ4v) is 2.35. The van der Waals surface area contributed by atoms with Gasteiger partial charge in [-0.2, -0.15) is 5.10 Å². The van der Waals surface area contributed by atoms with Gasteiger partial charge in [-0.25, -0.2) is 4.79 Å². The smallest absolute Gasteiger partial charge is 0.400 e. The number of hydrogen-bond acceptors (Lipinski definition) is 5. The van der Waals surface area contributed by atoms with E-state index in [-0.39, 0.29) is 11.6 Å². The average molecular weight is 338 g/mol. The first-order valence-electron chi connectivity index (χ1n) is 7.73. The van der Waals surface area contributed by atoms with Gasteiger partial charge in [-0.05, 0) is 32.0 Å². The van der Waals surface area contributed by atoms with Gasteiger partial charge in [0.1, 0.15) is 5.76 Å². The lowest BCUT2D eigenvalue weighted by Gasteiger charge is -2.01. The average Bonchev–Trinajstić information content (AvgIpc) is 3.20. The van der Waals surface area contributed by atoms with E-state index in [1.54, 1.807) is 22.9 Å². The lowest BCUT2D eigenvalue weighted by Crippen LogP contribution is -2.15. The van der Waals surface area contributed by atoms with E-state index >= 15 is 0 Å². The highest BCUT2D eigenvalue weighted by Gasteiger charge is 2.14. The molecule has 0 saturated heterocycles. The fraction of sp³-hybridized carbons (Fsp3) is 0.167. The van der Waals surface area contributed by atoms with Gasteiger partial charge in [0.25, 0.3) is 0 Å². The summed E-state index contributed by atoms with van der Waals surface area (Å²) in [6, 6.07) is 14.2. The summed E-state index contributed by atoms with van der Waals surface area (Å²) in [7, 11) is 0. The van der Waals surface area contributed by atoms with Gasteiger partial charge in [0.15, 0.2) is 5.84 Å². The predicted molar refractivity (Wildman–Crippen MR) is 92.1 cm³/mol. The van der Waals surface area contributed by atoms with Crippen LogP contribution in [0, 0.1) is 13.8 Å². The molecule has 3 rings (SSSR count). The van der Waals surface area contributed by atoms with Crippen molar-refractivity contribution in [2.75, 3.05) is 0 Å². The first kappa shape index (κ1) is 16.5. The van der Waals surface area contributed by atoms with E-state index < -0.39 is 5.97 Å². The van der Waals surface area contributed by atoms with Crippen molar-refractivity contribution in [2.45, 2.75) is 20.4 Å². The molecule has 2 N–H and O–H groups in total. The molecule has 0 bridgehead atoms. The van der Waals surface area contributed by atoms with Crippen LogP contribution in [-0.2, 0) is 11.4 Å². The molecule has 7 heteroatoms. The number of aromatic nitrogens is 2. The summed E-state index contributed by atoms with van der Waals surface area (Å²) in [6.45, 7) is 4.31. The van der Waals surface area contributed by atoms with Crippen LogP contribution in [0.2, 0.25) is 0 Å². The first-order chi connectivity index (χ1) is 12.0. The van der Waals surface area contributed by atoms with Crippen molar-refractivity contribution in [2.24, 2.45) is 10.9 Å². The molecule has 1 aromatic carbocycles. The number of oxime groups is 1. The molecule has 0 saturated carbocycles. The number of amidine groups is 1. The third-order valence-electron chi connectivity index (χ3n) is 3.57. The Bertz CT molecular complexity index is 910. The van der Waals surface area contributed by atoms with Crippen molar-refractivity contribution >= 4 is 11.8 Å². The van der Waals surface area contributed by atoms with Crippen molar-refractivity contribution in [1.82, 2.24) is 9.78 Å². The summed E-state index contributed by atoms with van der Waals surface area (Å²) in [4.78, 5) is 16.9. The van der Waals surface area contributed by atoms with Crippen LogP contribution in [0.4, 0.5) is 0 Å². The summed E-state index contributed by atoms with van der Waals surface area (Å²) in [6.07, 6.45) is 0. The number of aryl methyl sites for hydroxylation is 2. The molecule has 3 aromatic rings. The molecule has 2 aromatic heterocycles. The molecule has 0 aliphatic carbocycles. The van der Waals surface area contributed by atoms with Crippen LogP contribution < -0.4 is 5.73 Å². The minimum atomic E-state index is -0.710. The Morgan fingerprint density at radius 1 is 1.24 bits per heavy atom. The van der Waals surface area contributed by atoms with E-state index in [4.69, 9.17) is 15.0 Å². The molecule has 2 heterocycles. The summed E-state index contributed by atoms with van der Waals surface area (Å²) in [5, 5.41) is 8.00. The van der Waals surface area contributed by atoms with Crippen LogP contribution in [0.1, 0.15) is 33.3 Å². The van der Waals surface area contributed by atoms with Crippen molar-refractivity contribution in [1.29, 1.82) is 0 Å². The highest BCUT2D eigenvalue weighted by atomic mass is 16.7. The number of nitrogens with two attached hydrogens (primary N) is 1. The molecule has 25 heavy (non-hydrogen) atoms. The molecule has 128 valence electrons. The third-order valence-corrected chi connectivity index (χ3v) is 3.57. The Labute approximate surface area is 144 Å². The number of rotatable bonds is 5. The van der Waals surface area contributed by atoms with Crippen molar-refractivity contribution in [3.05, 3.63) is 77.0 Å². The number of nitrogens with zero attached hydrogens (tertiary/aromatic N) is 3. The van der Waals surface area contributed by atoms with Gasteiger partial charge in [0.2, 0.25) is 5.76 Å². The standard InChI is InChI=1S/C18H18N4O3/c1-12-10-13(2)22(20-12)11-15-8-9-16(24-15)18(23)25-21-17(19)14-6-4-3-5-7-14/h3-10H,11H2,1-2H3,(H2,19,21). The maximum absolute atomic E-state index is 12.0. The maximum Gasteiger partial charge on any atom is 0.400 e. The van der Waals surface area contributed by atoms with Gasteiger partial charge >= 0.3 is 5.97 Å². The largest absolute Gasteiger partial charge is 0.452 e. The Balaban J connectivity index is 1.65. The van der Waals surface area contributed by atoms with Crippen LogP contribution in [-0.4, -0.2) is 21.6 Å². The number of hydrogen-bond donors (Lipinski definition) is 1. The fourth-order valence-electron chi connectivity index (χ4n) is 2.35. The molecule has 0 atom stereocenters. The quantitative estimate of drug-likeness (QED) is 0.334. The van der Waals surface area contributed by atoms with Gasteiger partial charge < -0.3 is 15.0 Å². The number of furan rings is 1. The van der Waals surface area contributed by atoms with E-state index in [0.29, 0.717) is 17.9 Å². The van der Waals surface area contributed by atoms with E-state index in [0.717, 1.165) is 11.4 Å². The van der Waals surface area contributed by atoms with Gasteiger partial charge in [0, 0.05) is 11.3 Å². The van der Waals surface area contributed by atoms with Crippen molar-refractivity contribution in [3.8, 4) is 0 Å². The Morgan fingerprint density at radius 2 is 2.00 bits per heavy atom. The summed E-state index contributed by atoms with van der Waals surface area (Å²) < 4.78 is 7.31. The number of benzene rings is 1. The van der Waals surface area contributed by atoms with Crippen molar-refractivity contribution in [3.63, 3.8) is 0 Å². The van der Waals surface area contributed by atoms with Gasteiger partial charge in [0.05, 0.1) is 12.2 Å². The zero-order valence-electron chi connectivity index (χ0n) is 14.0. The van der Waals surface area contributed by atoms with Crippen LogP contribution in [0.15, 0.2) is 58.1 Å². The third kappa shape index (κ3) is 3.95. The molecular formula is C18H18N4O3. The summed E-state index contributed by atoms with van der Waals surface area (Å²) in [5.74, 6) is 0.0566. The molecule has 0 amide bonds. The second kappa shape index (κ2) is 7.04. The van der Waals surface area contributed by atoms with E-state index in [2.05, 4.69) is 10.3 Å². The second-order valence-corrected chi connectivity index (χ2v) is 5.57. The molecule has 7 nitrogen and oxygen atoms in total. The highest BCUT2D eigenvalue weighted by Crippen LogP contribution is 2.13. The zero-order chi connectivity index (χ0) is 17.8. The highest BCUT2D eigenvalue weighted by molar-refractivity contribution is 5.97. The minimum absolute atomic E-state index is 0.0566. The molecule has 0 unspecified atom stereocenters. The van der Waals surface area contributed by atoms with E-state index in [1.165, 1.54) is 6.07 Å². The predicted octanol–water partition coefficient (Wildman–Crippen LogP) is 2.62. The van der Waals surface area contributed by atoms with Crippen LogP contribution in [0.3, 0.4) is 0 Å². The minimum Gasteiger partial charge on any atom is -0.452 e. The van der Waals surface area contributed by atoms with Crippen molar-refractivity contribution < 1.29 is 14.0 Å². The monoisotopic (exact) mass is 338 g/mol. The van der Waals surface area contributed by atoms with Crippen LogP contribution in [0.5, 0.6) is 0 Å². The lowest BCUT2D eigenvalue weighted by atomic mass is 10.2. The molecule has 0 aliphatic rings. The van der Waals surface area contributed by atoms with E-state index in [1.807, 2.05) is 38.1 Å². The molecule has 0 fully saturated rings. The maximum atomic E-state index is 12.0. The molecule has 0 spiro atoms. The van der Waals surface area contributed by atoms with Gasteiger partial charge in [-0.15, -0.1) is 0 Å². The normalized spacial score (nSPS) is 11.5. The zero-order valence-corrected chi connectivity index (χ0v) is 14.0. The second-order valence-electron chi connectivity index (χ2n) is 5.57. The Hall–Kier alpha value is -3.35. The first-order valence-corrected chi connectivity index (χ1v) is 7.73. The summed E-state index contributed by atoms with van der Waals surface area (Å²) >= 11 is 0. The van der Waals surface area contributed by atoms with E-state index in [9.17, 15) is 4.79 Å². The van der Waals surface area contributed by atoms with Crippen LogP contribution >= 0.6 is 0 Å². The number of carbonyl (C=O) groups excluding carboxylic acids is 1.